The lowest BCUT2D eigenvalue weighted by Gasteiger charge is -2.12. The summed E-state index contributed by atoms with van der Waals surface area (Å²) in [5.41, 5.74) is 2.70. The van der Waals surface area contributed by atoms with E-state index in [-0.39, 0.29) is 10.7 Å². The minimum absolute atomic E-state index is 0.188. The molecule has 3 aromatic rings. The van der Waals surface area contributed by atoms with Crippen molar-refractivity contribution in [1.29, 1.82) is 0 Å². The van der Waals surface area contributed by atoms with E-state index in [1.807, 2.05) is 0 Å². The van der Waals surface area contributed by atoms with Crippen LogP contribution in [0.3, 0.4) is 0 Å². The van der Waals surface area contributed by atoms with Crippen molar-refractivity contribution in [1.82, 2.24) is 20.0 Å². The fourth-order valence-electron chi connectivity index (χ4n) is 2.68. The van der Waals surface area contributed by atoms with Gasteiger partial charge >= 0.3 is 0 Å². The summed E-state index contributed by atoms with van der Waals surface area (Å²) >= 11 is 12.0. The lowest BCUT2D eigenvalue weighted by atomic mass is 10.0. The number of halogens is 2. The summed E-state index contributed by atoms with van der Waals surface area (Å²) in [7, 11) is 0. The van der Waals surface area contributed by atoms with Gasteiger partial charge in [0, 0.05) is 28.6 Å². The molecule has 0 aliphatic carbocycles. The number of rotatable bonds is 2. The number of fused-ring (bicyclic) bond motifs is 1. The van der Waals surface area contributed by atoms with E-state index >= 15 is 0 Å². The number of nitrogens with one attached hydrogen (secondary N) is 1. The lowest BCUT2D eigenvalue weighted by molar-refractivity contribution is 0.358. The SMILES string of the molecule is O=c1cc(-c2cc(Cl)ccc2-n2cc(Cl)nn2)c2c([nH]1)CCO2. The van der Waals surface area contributed by atoms with E-state index in [1.165, 1.54) is 10.7 Å². The van der Waals surface area contributed by atoms with Crippen LogP contribution >= 0.6 is 23.2 Å². The summed E-state index contributed by atoms with van der Waals surface area (Å²) in [6.07, 6.45) is 2.26. The molecule has 2 aromatic heterocycles. The number of hydrogen-bond acceptors (Lipinski definition) is 4. The Kier molecular flexibility index (Phi) is 3.36. The van der Waals surface area contributed by atoms with Crippen LogP contribution in [0.1, 0.15) is 5.69 Å². The smallest absolute Gasteiger partial charge is 0.248 e. The highest BCUT2D eigenvalue weighted by molar-refractivity contribution is 6.31. The first-order chi connectivity index (χ1) is 11.1. The lowest BCUT2D eigenvalue weighted by Crippen LogP contribution is -2.08. The Morgan fingerprint density at radius 2 is 2.09 bits per heavy atom. The van der Waals surface area contributed by atoms with Crippen LogP contribution in [-0.2, 0) is 6.42 Å². The molecular weight excluding hydrogens is 339 g/mol. The molecule has 4 rings (SSSR count). The number of benzene rings is 1. The predicted molar refractivity (Wildman–Crippen MR) is 86.6 cm³/mol. The van der Waals surface area contributed by atoms with Crippen molar-refractivity contribution >= 4 is 23.2 Å². The Morgan fingerprint density at radius 3 is 2.87 bits per heavy atom. The number of pyridine rings is 1. The summed E-state index contributed by atoms with van der Waals surface area (Å²) in [4.78, 5) is 14.8. The van der Waals surface area contributed by atoms with Gasteiger partial charge in [0.05, 0.1) is 24.2 Å². The van der Waals surface area contributed by atoms with Gasteiger partial charge in [0.15, 0.2) is 5.15 Å². The number of ether oxygens (including phenoxy) is 1. The Labute approximate surface area is 140 Å². The van der Waals surface area contributed by atoms with Crippen molar-refractivity contribution in [3.05, 3.63) is 56.7 Å². The Bertz CT molecular complexity index is 964. The van der Waals surface area contributed by atoms with Crippen LogP contribution in [0.2, 0.25) is 10.2 Å². The molecular formula is C15H10Cl2N4O2. The molecule has 0 unspecified atom stereocenters. The van der Waals surface area contributed by atoms with E-state index in [2.05, 4.69) is 15.3 Å². The monoisotopic (exact) mass is 348 g/mol. The summed E-state index contributed by atoms with van der Waals surface area (Å²) in [5, 5.41) is 8.59. The van der Waals surface area contributed by atoms with Gasteiger partial charge < -0.3 is 9.72 Å². The molecule has 1 aliphatic heterocycles. The highest BCUT2D eigenvalue weighted by atomic mass is 35.5. The molecule has 3 heterocycles. The highest BCUT2D eigenvalue weighted by Gasteiger charge is 2.22. The van der Waals surface area contributed by atoms with Crippen LogP contribution in [-0.4, -0.2) is 26.6 Å². The first-order valence-electron chi connectivity index (χ1n) is 6.89. The average molecular weight is 349 g/mol. The molecule has 23 heavy (non-hydrogen) atoms. The van der Waals surface area contributed by atoms with Crippen molar-refractivity contribution in [2.75, 3.05) is 6.61 Å². The van der Waals surface area contributed by atoms with Gasteiger partial charge in [-0.25, -0.2) is 4.68 Å². The van der Waals surface area contributed by atoms with Gasteiger partial charge in [-0.3, -0.25) is 4.79 Å². The second-order valence-corrected chi connectivity index (χ2v) is 5.92. The highest BCUT2D eigenvalue weighted by Crippen LogP contribution is 2.38. The van der Waals surface area contributed by atoms with Crippen LogP contribution in [0.4, 0.5) is 0 Å². The molecule has 0 bridgehead atoms. The van der Waals surface area contributed by atoms with Gasteiger partial charge in [0.25, 0.3) is 0 Å². The molecule has 0 fully saturated rings. The topological polar surface area (TPSA) is 72.8 Å². The average Bonchev–Trinajstić information content (AvgIpc) is 3.15. The van der Waals surface area contributed by atoms with E-state index < -0.39 is 0 Å². The normalized spacial score (nSPS) is 13.0. The predicted octanol–water partition coefficient (Wildman–Crippen LogP) is 2.86. The molecule has 1 aromatic carbocycles. The second kappa shape index (κ2) is 5.40. The fourth-order valence-corrected chi connectivity index (χ4v) is 2.98. The van der Waals surface area contributed by atoms with Crippen molar-refractivity contribution in [2.24, 2.45) is 0 Å². The molecule has 8 heteroatoms. The third-order valence-electron chi connectivity index (χ3n) is 3.63. The Hall–Kier alpha value is -2.31. The minimum atomic E-state index is -0.188. The second-order valence-electron chi connectivity index (χ2n) is 5.10. The molecule has 0 amide bonds. The van der Waals surface area contributed by atoms with Crippen LogP contribution in [0, 0.1) is 0 Å². The third-order valence-corrected chi connectivity index (χ3v) is 4.04. The van der Waals surface area contributed by atoms with Crippen LogP contribution < -0.4 is 10.3 Å². The quantitative estimate of drug-likeness (QED) is 0.772. The number of aromatic nitrogens is 4. The van der Waals surface area contributed by atoms with E-state index in [0.717, 1.165) is 11.3 Å². The summed E-state index contributed by atoms with van der Waals surface area (Å²) < 4.78 is 7.23. The van der Waals surface area contributed by atoms with Crippen LogP contribution in [0.15, 0.2) is 35.3 Å². The molecule has 0 atom stereocenters. The van der Waals surface area contributed by atoms with Crippen molar-refractivity contribution in [3.63, 3.8) is 0 Å². The maximum atomic E-state index is 12.0. The Morgan fingerprint density at radius 1 is 1.22 bits per heavy atom. The summed E-state index contributed by atoms with van der Waals surface area (Å²) in [5.74, 6) is 0.666. The first kappa shape index (κ1) is 14.3. The van der Waals surface area contributed by atoms with Crippen LogP contribution in [0.5, 0.6) is 5.75 Å². The van der Waals surface area contributed by atoms with Gasteiger partial charge in [-0.15, -0.1) is 5.10 Å². The summed E-state index contributed by atoms with van der Waals surface area (Å²) in [6.45, 7) is 0.535. The van der Waals surface area contributed by atoms with Gasteiger partial charge in [-0.2, -0.15) is 0 Å². The molecule has 116 valence electrons. The largest absolute Gasteiger partial charge is 0.491 e. The van der Waals surface area contributed by atoms with Gasteiger partial charge in [-0.05, 0) is 18.2 Å². The van der Waals surface area contributed by atoms with E-state index in [4.69, 9.17) is 27.9 Å². The molecule has 0 spiro atoms. The minimum Gasteiger partial charge on any atom is -0.491 e. The van der Waals surface area contributed by atoms with E-state index in [0.29, 0.717) is 35.1 Å². The number of hydrogen-bond donors (Lipinski definition) is 1. The summed E-state index contributed by atoms with van der Waals surface area (Å²) in [6, 6.07) is 6.80. The third kappa shape index (κ3) is 2.50. The Balaban J connectivity index is 2.00. The maximum absolute atomic E-state index is 12.0. The van der Waals surface area contributed by atoms with E-state index in [9.17, 15) is 4.79 Å². The van der Waals surface area contributed by atoms with Crippen molar-refractivity contribution in [2.45, 2.75) is 6.42 Å². The molecule has 1 aliphatic rings. The standard InChI is InChI=1S/C15H10Cl2N4O2/c16-8-1-2-12(21-7-13(17)19-20-21)9(5-8)10-6-14(22)18-11-3-4-23-15(10)11/h1-2,5-7H,3-4H2,(H,18,22). The fraction of sp³-hybridized carbons (Fsp3) is 0.133. The number of nitrogens with zero attached hydrogens (tertiary/aromatic N) is 3. The number of H-pyrrole nitrogens is 1. The number of aromatic amines is 1. The van der Waals surface area contributed by atoms with Crippen molar-refractivity contribution in [3.8, 4) is 22.6 Å². The molecule has 0 saturated carbocycles. The first-order valence-corrected chi connectivity index (χ1v) is 7.64. The van der Waals surface area contributed by atoms with Crippen LogP contribution in [0.25, 0.3) is 16.8 Å². The molecule has 0 saturated heterocycles. The van der Waals surface area contributed by atoms with Crippen molar-refractivity contribution < 1.29 is 4.74 Å². The zero-order valence-corrected chi connectivity index (χ0v) is 13.2. The van der Waals surface area contributed by atoms with E-state index in [1.54, 1.807) is 24.4 Å². The zero-order chi connectivity index (χ0) is 16.0. The molecule has 1 N–H and O–H groups in total. The molecule has 6 nitrogen and oxygen atoms in total. The maximum Gasteiger partial charge on any atom is 0.248 e. The van der Waals surface area contributed by atoms with Gasteiger partial charge in [-0.1, -0.05) is 28.4 Å². The van der Waals surface area contributed by atoms with Gasteiger partial charge in [0.2, 0.25) is 5.56 Å². The zero-order valence-electron chi connectivity index (χ0n) is 11.7. The molecule has 0 radical (unpaired) electrons. The van der Waals surface area contributed by atoms with Gasteiger partial charge in [0.1, 0.15) is 5.75 Å².